The molecule has 2 nitrogen and oxygen atoms in total. The van der Waals surface area contributed by atoms with E-state index < -0.39 is 7.14 Å². The van der Waals surface area contributed by atoms with Gasteiger partial charge in [-0.1, -0.05) is 66.7 Å². The van der Waals surface area contributed by atoms with Crippen LogP contribution in [0.25, 0.3) is 0 Å². The first-order valence-corrected chi connectivity index (χ1v) is 9.39. The van der Waals surface area contributed by atoms with E-state index >= 15 is 0 Å². The lowest BCUT2D eigenvalue weighted by Crippen LogP contribution is -2.16. The van der Waals surface area contributed by atoms with Crippen LogP contribution in [0.2, 0.25) is 0 Å². The topological polar surface area (TPSA) is 37.3 Å². The van der Waals surface area contributed by atoms with Crippen LogP contribution in [-0.2, 0) is 4.57 Å². The zero-order valence-electron chi connectivity index (χ0n) is 13.0. The van der Waals surface area contributed by atoms with Crippen LogP contribution in [0, 0.1) is 0 Å². The Bertz CT molecular complexity index is 604. The molecule has 3 heteroatoms. The number of hydrogen-bond donors (Lipinski definition) is 1. The van der Waals surface area contributed by atoms with E-state index in [1.165, 1.54) is 0 Å². The predicted octanol–water partition coefficient (Wildman–Crippen LogP) is 4.07. The third kappa shape index (κ3) is 3.76. The van der Waals surface area contributed by atoms with E-state index in [9.17, 15) is 4.57 Å². The van der Waals surface area contributed by atoms with Gasteiger partial charge in [0.05, 0.1) is 0 Å². The van der Waals surface area contributed by atoms with Crippen molar-refractivity contribution >= 4 is 17.8 Å². The van der Waals surface area contributed by atoms with Crippen LogP contribution in [0.3, 0.4) is 0 Å². The van der Waals surface area contributed by atoms with Crippen LogP contribution in [0.1, 0.15) is 26.2 Å². The van der Waals surface area contributed by atoms with Gasteiger partial charge in [-0.2, -0.15) is 0 Å². The molecule has 0 aromatic heterocycles. The van der Waals surface area contributed by atoms with Crippen molar-refractivity contribution in [3.63, 3.8) is 0 Å². The average Bonchev–Trinajstić information content (AvgIpc) is 2.59. The molecule has 22 heavy (non-hydrogen) atoms. The highest BCUT2D eigenvalue weighted by Crippen LogP contribution is 2.51. The molecule has 2 aromatic rings. The molecule has 0 saturated carbocycles. The number of aliphatic hydroxyl groups excluding tert-OH is 1. The van der Waals surface area contributed by atoms with Gasteiger partial charge in [0, 0.05) is 17.2 Å². The lowest BCUT2D eigenvalue weighted by Gasteiger charge is -2.20. The van der Waals surface area contributed by atoms with Crippen molar-refractivity contribution in [1.82, 2.24) is 0 Å². The molecule has 1 N–H and O–H groups in total. The zero-order chi connectivity index (χ0) is 15.8. The second kappa shape index (κ2) is 8.12. The molecular weight excluding hydrogens is 291 g/mol. The van der Waals surface area contributed by atoms with Gasteiger partial charge in [-0.15, -0.1) is 0 Å². The van der Waals surface area contributed by atoms with E-state index in [0.717, 1.165) is 35.2 Å². The Morgan fingerprint density at radius 2 is 1.45 bits per heavy atom. The van der Waals surface area contributed by atoms with Crippen molar-refractivity contribution in [3.8, 4) is 0 Å². The lowest BCUT2D eigenvalue weighted by molar-refractivity contribution is 0.285. The van der Waals surface area contributed by atoms with Crippen LogP contribution in [0.5, 0.6) is 0 Å². The fourth-order valence-electron chi connectivity index (χ4n) is 2.53. The van der Waals surface area contributed by atoms with Gasteiger partial charge in [0.1, 0.15) is 0 Å². The number of allylic oxidation sites excluding steroid dienone is 2. The highest BCUT2D eigenvalue weighted by atomic mass is 31.2. The number of hydrogen-bond acceptors (Lipinski definition) is 2. The van der Waals surface area contributed by atoms with Crippen LogP contribution in [0.4, 0.5) is 0 Å². The van der Waals surface area contributed by atoms with Gasteiger partial charge in [0.2, 0.25) is 0 Å². The third-order valence-electron chi connectivity index (χ3n) is 3.79. The van der Waals surface area contributed by atoms with Gasteiger partial charge >= 0.3 is 0 Å². The lowest BCUT2D eigenvalue weighted by atomic mass is 10.2. The van der Waals surface area contributed by atoms with Crippen molar-refractivity contribution in [3.05, 3.63) is 72.1 Å². The maximum Gasteiger partial charge on any atom is 0.166 e. The Kier molecular flexibility index (Phi) is 6.18. The third-order valence-corrected chi connectivity index (χ3v) is 7.01. The average molecular weight is 314 g/mol. The summed E-state index contributed by atoms with van der Waals surface area (Å²) < 4.78 is 13.9. The first-order valence-electron chi connectivity index (χ1n) is 7.69. The summed E-state index contributed by atoms with van der Waals surface area (Å²) >= 11 is 0. The number of rotatable bonds is 7. The van der Waals surface area contributed by atoms with Crippen molar-refractivity contribution < 1.29 is 9.67 Å². The van der Waals surface area contributed by atoms with Crippen molar-refractivity contribution in [1.29, 1.82) is 0 Å². The van der Waals surface area contributed by atoms with Crippen LogP contribution in [0.15, 0.2) is 72.1 Å². The molecular formula is C19H23O2P. The fraction of sp³-hybridized carbons (Fsp3) is 0.263. The highest BCUT2D eigenvalue weighted by Gasteiger charge is 2.28. The van der Waals surface area contributed by atoms with Gasteiger partial charge in [0.15, 0.2) is 7.14 Å². The summed E-state index contributed by atoms with van der Waals surface area (Å²) in [5, 5.41) is 11.5. The summed E-state index contributed by atoms with van der Waals surface area (Å²) in [5.74, 6) is 0. The highest BCUT2D eigenvalue weighted by molar-refractivity contribution is 7.82. The maximum atomic E-state index is 13.9. The largest absolute Gasteiger partial charge is 0.396 e. The molecule has 0 bridgehead atoms. The molecule has 2 rings (SSSR count). The minimum atomic E-state index is -2.77. The first kappa shape index (κ1) is 16.7. The molecule has 0 spiro atoms. The quantitative estimate of drug-likeness (QED) is 0.618. The van der Waals surface area contributed by atoms with Crippen LogP contribution in [-0.4, -0.2) is 11.7 Å². The van der Waals surface area contributed by atoms with Crippen LogP contribution < -0.4 is 10.6 Å². The van der Waals surface area contributed by atoms with E-state index in [-0.39, 0.29) is 6.61 Å². The Morgan fingerprint density at radius 1 is 0.955 bits per heavy atom. The van der Waals surface area contributed by atoms with E-state index in [1.807, 2.05) is 67.6 Å². The van der Waals surface area contributed by atoms with Crippen molar-refractivity contribution in [2.75, 3.05) is 6.61 Å². The van der Waals surface area contributed by atoms with Gasteiger partial charge < -0.3 is 9.67 Å². The maximum absolute atomic E-state index is 13.9. The summed E-state index contributed by atoms with van der Waals surface area (Å²) in [6.07, 6.45) is 4.61. The number of benzene rings is 2. The van der Waals surface area contributed by atoms with Crippen LogP contribution >= 0.6 is 7.14 Å². The Balaban J connectivity index is 2.41. The van der Waals surface area contributed by atoms with E-state index in [1.54, 1.807) is 0 Å². The monoisotopic (exact) mass is 314 g/mol. The molecule has 0 aliphatic rings. The predicted molar refractivity (Wildman–Crippen MR) is 94.5 cm³/mol. The first-order chi connectivity index (χ1) is 10.7. The standard InChI is InChI=1S/C19H23O2P/c1-17(11-5-4-10-16-20)22(21,18-12-6-2-7-13-18)19-14-8-3-9-15-19/h2-3,6-9,11-15,20H,4-5,10,16H2,1H3/b17-11+. The SMILES string of the molecule is C/C(=C\CCCCO)P(=O)(c1ccccc1)c1ccccc1. The molecule has 2 aromatic carbocycles. The molecule has 0 unspecified atom stereocenters. The second-order valence-electron chi connectivity index (χ2n) is 5.35. The molecule has 0 heterocycles. The van der Waals surface area contributed by atoms with Gasteiger partial charge in [-0.25, -0.2) is 0 Å². The normalized spacial score (nSPS) is 12.4. The zero-order valence-corrected chi connectivity index (χ0v) is 13.9. The summed E-state index contributed by atoms with van der Waals surface area (Å²) in [5.41, 5.74) is 0. The van der Waals surface area contributed by atoms with E-state index in [2.05, 4.69) is 6.08 Å². The smallest absolute Gasteiger partial charge is 0.166 e. The summed E-state index contributed by atoms with van der Waals surface area (Å²) in [6.45, 7) is 2.17. The molecule has 116 valence electrons. The number of aliphatic hydroxyl groups is 1. The van der Waals surface area contributed by atoms with E-state index in [0.29, 0.717) is 0 Å². The van der Waals surface area contributed by atoms with Crippen molar-refractivity contribution in [2.45, 2.75) is 26.2 Å². The fourth-order valence-corrected chi connectivity index (χ4v) is 5.21. The Labute approximate surface area is 132 Å². The molecule has 0 aliphatic heterocycles. The minimum Gasteiger partial charge on any atom is -0.396 e. The van der Waals surface area contributed by atoms with Gasteiger partial charge in [-0.05, 0) is 31.5 Å². The van der Waals surface area contributed by atoms with E-state index in [4.69, 9.17) is 5.11 Å². The molecule has 0 aliphatic carbocycles. The summed E-state index contributed by atoms with van der Waals surface area (Å²) in [7, 11) is -2.77. The van der Waals surface area contributed by atoms with Gasteiger partial charge in [0.25, 0.3) is 0 Å². The van der Waals surface area contributed by atoms with Gasteiger partial charge in [-0.3, -0.25) is 0 Å². The molecule has 0 atom stereocenters. The minimum absolute atomic E-state index is 0.210. The van der Waals surface area contributed by atoms with Crippen molar-refractivity contribution in [2.24, 2.45) is 0 Å². The molecule has 0 fully saturated rings. The molecule has 0 amide bonds. The number of unbranched alkanes of at least 4 members (excludes halogenated alkanes) is 2. The second-order valence-corrected chi connectivity index (χ2v) is 8.30. The summed E-state index contributed by atoms with van der Waals surface area (Å²) in [4.78, 5) is 0. The summed E-state index contributed by atoms with van der Waals surface area (Å²) in [6, 6.07) is 19.4. The Morgan fingerprint density at radius 3 is 1.91 bits per heavy atom. The Hall–Kier alpha value is -1.63. The molecule has 0 saturated heterocycles. The molecule has 0 radical (unpaired) electrons.